The number of aliphatic hydroxyl groups is 1. The Bertz CT molecular complexity index is 469. The minimum atomic E-state index is -1.33. The quantitative estimate of drug-likeness (QED) is 0.606. The van der Waals surface area contributed by atoms with Crippen LogP contribution in [0.2, 0.25) is 0 Å². The third-order valence-corrected chi connectivity index (χ3v) is 2.44. The largest absolute Gasteiger partial charge is 0.480 e. The Hall–Kier alpha value is -2.09. The molecule has 106 valence electrons. The predicted octanol–water partition coefficient (Wildman–Crippen LogP) is 0.110. The van der Waals surface area contributed by atoms with Crippen molar-refractivity contribution < 1.29 is 19.8 Å². The molecule has 0 spiro atoms. The number of amides is 2. The smallest absolute Gasteiger partial charge is 0.328 e. The Labute approximate surface area is 110 Å². The van der Waals surface area contributed by atoms with Gasteiger partial charge in [0.2, 0.25) is 0 Å². The van der Waals surface area contributed by atoms with E-state index in [0.29, 0.717) is 11.4 Å². The van der Waals surface area contributed by atoms with Gasteiger partial charge in [-0.2, -0.15) is 5.10 Å². The molecule has 0 saturated heterocycles. The molecule has 2 amide bonds. The Balaban J connectivity index is 2.74. The minimum Gasteiger partial charge on any atom is -0.480 e. The van der Waals surface area contributed by atoms with Crippen molar-refractivity contribution in [2.75, 3.05) is 11.9 Å². The number of carbonyl (C=O) groups excluding carboxylic acids is 1. The lowest BCUT2D eigenvalue weighted by Gasteiger charge is -2.13. The highest BCUT2D eigenvalue weighted by Crippen LogP contribution is 2.21. The Morgan fingerprint density at radius 2 is 2.11 bits per heavy atom. The van der Waals surface area contributed by atoms with E-state index >= 15 is 0 Å². The van der Waals surface area contributed by atoms with Crippen molar-refractivity contribution in [2.45, 2.75) is 25.8 Å². The molecule has 0 unspecified atom stereocenters. The number of aromatic nitrogens is 2. The van der Waals surface area contributed by atoms with Crippen LogP contribution in [0, 0.1) is 0 Å². The first kappa shape index (κ1) is 15.0. The number of hydrogen-bond donors (Lipinski definition) is 4. The highest BCUT2D eigenvalue weighted by molar-refractivity contribution is 5.92. The minimum absolute atomic E-state index is 0.115. The van der Waals surface area contributed by atoms with Gasteiger partial charge >= 0.3 is 12.0 Å². The second kappa shape index (κ2) is 6.19. The fourth-order valence-corrected chi connectivity index (χ4v) is 1.53. The van der Waals surface area contributed by atoms with Gasteiger partial charge in [-0.25, -0.2) is 9.59 Å². The molecule has 1 heterocycles. The predicted molar refractivity (Wildman–Crippen MR) is 68.0 cm³/mol. The van der Waals surface area contributed by atoms with Crippen molar-refractivity contribution >= 4 is 17.7 Å². The van der Waals surface area contributed by atoms with Crippen LogP contribution in [-0.2, 0) is 11.8 Å². The molecule has 0 aliphatic heterocycles. The number of aliphatic hydroxyl groups excluding tert-OH is 1. The van der Waals surface area contributed by atoms with Crippen LogP contribution in [0.25, 0.3) is 0 Å². The van der Waals surface area contributed by atoms with Crippen LogP contribution >= 0.6 is 0 Å². The molecule has 0 fully saturated rings. The molecule has 0 aliphatic carbocycles. The van der Waals surface area contributed by atoms with Gasteiger partial charge in [-0.1, -0.05) is 13.8 Å². The van der Waals surface area contributed by atoms with Crippen LogP contribution in [-0.4, -0.2) is 44.6 Å². The van der Waals surface area contributed by atoms with Crippen molar-refractivity contribution in [3.05, 3.63) is 11.9 Å². The molecule has 0 aliphatic rings. The zero-order valence-corrected chi connectivity index (χ0v) is 11.0. The Morgan fingerprint density at radius 1 is 1.47 bits per heavy atom. The van der Waals surface area contributed by atoms with Gasteiger partial charge in [-0.05, 0) is 5.92 Å². The van der Waals surface area contributed by atoms with Gasteiger partial charge in [0.1, 0.15) is 0 Å². The number of urea groups is 1. The summed E-state index contributed by atoms with van der Waals surface area (Å²) >= 11 is 0. The molecule has 1 aromatic rings. The molecule has 0 radical (unpaired) electrons. The van der Waals surface area contributed by atoms with Crippen molar-refractivity contribution in [2.24, 2.45) is 7.05 Å². The van der Waals surface area contributed by atoms with Crippen molar-refractivity contribution in [1.82, 2.24) is 15.1 Å². The summed E-state index contributed by atoms with van der Waals surface area (Å²) in [6.45, 7) is 3.19. The summed E-state index contributed by atoms with van der Waals surface area (Å²) in [7, 11) is 1.72. The third-order valence-electron chi connectivity index (χ3n) is 2.44. The number of aryl methyl sites for hydroxylation is 1. The lowest BCUT2D eigenvalue weighted by molar-refractivity contribution is -0.140. The molecule has 8 nitrogen and oxygen atoms in total. The van der Waals surface area contributed by atoms with Gasteiger partial charge in [0.25, 0.3) is 0 Å². The number of anilines is 1. The SMILES string of the molecule is CC(C)c1nn(C)cc1NC(=O)N[C@@H](CO)C(=O)O. The van der Waals surface area contributed by atoms with Gasteiger partial charge in [0.15, 0.2) is 6.04 Å². The van der Waals surface area contributed by atoms with Crippen molar-refractivity contribution in [1.29, 1.82) is 0 Å². The fourth-order valence-electron chi connectivity index (χ4n) is 1.53. The van der Waals surface area contributed by atoms with E-state index in [0.717, 1.165) is 0 Å². The van der Waals surface area contributed by atoms with E-state index in [1.54, 1.807) is 17.9 Å². The summed E-state index contributed by atoms with van der Waals surface area (Å²) in [4.78, 5) is 22.3. The molecular formula is C11H18N4O4. The number of nitrogens with zero attached hydrogens (tertiary/aromatic N) is 2. The fraction of sp³-hybridized carbons (Fsp3) is 0.545. The van der Waals surface area contributed by atoms with E-state index < -0.39 is 24.6 Å². The third kappa shape index (κ3) is 3.95. The van der Waals surface area contributed by atoms with Crippen LogP contribution in [0.3, 0.4) is 0 Å². The summed E-state index contributed by atoms with van der Waals surface area (Å²) in [6, 6.07) is -2.03. The Kier molecular flexibility index (Phi) is 4.87. The van der Waals surface area contributed by atoms with Gasteiger partial charge < -0.3 is 20.8 Å². The van der Waals surface area contributed by atoms with E-state index in [1.807, 2.05) is 13.8 Å². The number of rotatable bonds is 5. The highest BCUT2D eigenvalue weighted by atomic mass is 16.4. The molecule has 0 saturated carbocycles. The molecule has 4 N–H and O–H groups in total. The first-order chi connectivity index (χ1) is 8.85. The van der Waals surface area contributed by atoms with Crippen LogP contribution in [0.1, 0.15) is 25.5 Å². The van der Waals surface area contributed by atoms with Crippen LogP contribution in [0.4, 0.5) is 10.5 Å². The molecule has 19 heavy (non-hydrogen) atoms. The first-order valence-electron chi connectivity index (χ1n) is 5.79. The molecular weight excluding hydrogens is 252 g/mol. The number of nitrogens with one attached hydrogen (secondary N) is 2. The number of carbonyl (C=O) groups is 2. The van der Waals surface area contributed by atoms with E-state index in [4.69, 9.17) is 10.2 Å². The highest BCUT2D eigenvalue weighted by Gasteiger charge is 2.20. The van der Waals surface area contributed by atoms with Crippen molar-refractivity contribution in [3.8, 4) is 0 Å². The second-order valence-electron chi connectivity index (χ2n) is 4.43. The monoisotopic (exact) mass is 270 g/mol. The van der Waals surface area contributed by atoms with Crippen LogP contribution < -0.4 is 10.6 Å². The van der Waals surface area contributed by atoms with E-state index in [9.17, 15) is 9.59 Å². The zero-order valence-electron chi connectivity index (χ0n) is 11.0. The van der Waals surface area contributed by atoms with E-state index in [-0.39, 0.29) is 5.92 Å². The molecule has 1 rings (SSSR count). The normalized spacial score (nSPS) is 12.3. The van der Waals surface area contributed by atoms with Crippen LogP contribution in [0.15, 0.2) is 6.20 Å². The average Bonchev–Trinajstić information content (AvgIpc) is 2.66. The maximum absolute atomic E-state index is 11.6. The van der Waals surface area contributed by atoms with Gasteiger partial charge in [-0.15, -0.1) is 0 Å². The lowest BCUT2D eigenvalue weighted by Crippen LogP contribution is -2.45. The van der Waals surface area contributed by atoms with Gasteiger partial charge in [-0.3, -0.25) is 4.68 Å². The second-order valence-corrected chi connectivity index (χ2v) is 4.43. The lowest BCUT2D eigenvalue weighted by atomic mass is 10.1. The maximum Gasteiger partial charge on any atom is 0.328 e. The maximum atomic E-state index is 11.6. The molecule has 8 heteroatoms. The summed E-state index contributed by atoms with van der Waals surface area (Å²) in [5.74, 6) is -1.18. The van der Waals surface area contributed by atoms with E-state index in [2.05, 4.69) is 15.7 Å². The number of carboxylic acid groups (broad SMARTS) is 1. The van der Waals surface area contributed by atoms with Crippen molar-refractivity contribution in [3.63, 3.8) is 0 Å². The standard InChI is InChI=1S/C11H18N4O4/c1-6(2)9-7(4-15(3)14-9)12-11(19)13-8(5-16)10(17)18/h4,6,8,16H,5H2,1-3H3,(H,17,18)(H2,12,13,19)/t8-/m0/s1. The molecule has 0 bridgehead atoms. The van der Waals surface area contributed by atoms with Crippen LogP contribution in [0.5, 0.6) is 0 Å². The summed E-state index contributed by atoms with van der Waals surface area (Å²) in [5, 5.41) is 26.4. The number of aliphatic carboxylic acids is 1. The molecule has 1 aromatic heterocycles. The molecule has 0 aromatic carbocycles. The topological polar surface area (TPSA) is 116 Å². The van der Waals surface area contributed by atoms with Gasteiger partial charge in [0.05, 0.1) is 18.0 Å². The summed E-state index contributed by atoms with van der Waals surface area (Å²) in [6.07, 6.45) is 1.63. The summed E-state index contributed by atoms with van der Waals surface area (Å²) in [5.41, 5.74) is 1.21. The first-order valence-corrected chi connectivity index (χ1v) is 5.79. The number of hydrogen-bond acceptors (Lipinski definition) is 4. The van der Waals surface area contributed by atoms with Gasteiger partial charge in [0, 0.05) is 13.2 Å². The zero-order chi connectivity index (χ0) is 14.6. The van der Waals surface area contributed by atoms with E-state index in [1.165, 1.54) is 0 Å². The Morgan fingerprint density at radius 3 is 2.58 bits per heavy atom. The summed E-state index contributed by atoms with van der Waals surface area (Å²) < 4.78 is 1.56. The average molecular weight is 270 g/mol. The number of carboxylic acids is 1. The molecule has 1 atom stereocenters.